The monoisotopic (exact) mass is 367 g/mol. The lowest BCUT2D eigenvalue weighted by atomic mass is 9.49. The fourth-order valence-electron chi connectivity index (χ4n) is 6.05. The van der Waals surface area contributed by atoms with Crippen LogP contribution in [0.1, 0.15) is 48.9 Å². The molecule has 4 saturated carbocycles. The first-order valence-electron chi connectivity index (χ1n) is 9.83. The van der Waals surface area contributed by atoms with Gasteiger partial charge in [-0.3, -0.25) is 4.79 Å². The first-order chi connectivity index (χ1) is 13.1. The summed E-state index contributed by atoms with van der Waals surface area (Å²) in [6.45, 7) is 0.755. The van der Waals surface area contributed by atoms with E-state index >= 15 is 0 Å². The van der Waals surface area contributed by atoms with Crippen LogP contribution < -0.4 is 10.1 Å². The van der Waals surface area contributed by atoms with Crippen molar-refractivity contribution >= 4 is 5.91 Å². The molecule has 7 heteroatoms. The van der Waals surface area contributed by atoms with Gasteiger partial charge in [-0.1, -0.05) is 0 Å². The zero-order chi connectivity index (χ0) is 18.4. The van der Waals surface area contributed by atoms with E-state index < -0.39 is 0 Å². The third kappa shape index (κ3) is 2.99. The maximum absolute atomic E-state index is 12.9. The van der Waals surface area contributed by atoms with Gasteiger partial charge in [0, 0.05) is 18.9 Å². The Morgan fingerprint density at radius 3 is 2.41 bits per heavy atom. The zero-order valence-electron chi connectivity index (χ0n) is 15.6. The molecule has 7 nitrogen and oxygen atoms in total. The first kappa shape index (κ1) is 16.7. The quantitative estimate of drug-likeness (QED) is 0.878. The molecule has 2 heterocycles. The van der Waals surface area contributed by atoms with E-state index in [0.29, 0.717) is 22.8 Å². The number of ether oxygens (including phenoxy) is 1. The molecule has 4 fully saturated rings. The number of methoxy groups -OCH3 is 1. The predicted octanol–water partition coefficient (Wildman–Crippen LogP) is 2.62. The van der Waals surface area contributed by atoms with E-state index in [4.69, 9.17) is 4.74 Å². The van der Waals surface area contributed by atoms with E-state index in [-0.39, 0.29) is 5.91 Å². The molecule has 0 aromatic carbocycles. The Kier molecular flexibility index (Phi) is 3.91. The molecule has 0 aliphatic heterocycles. The average molecular weight is 367 g/mol. The van der Waals surface area contributed by atoms with Crippen molar-refractivity contribution in [2.24, 2.45) is 23.2 Å². The highest BCUT2D eigenvalue weighted by Crippen LogP contribution is 2.59. The molecule has 1 amide bonds. The Balaban J connectivity index is 1.32. The second-order valence-corrected chi connectivity index (χ2v) is 8.65. The maximum Gasteiger partial charge on any atom is 0.258 e. The summed E-state index contributed by atoms with van der Waals surface area (Å²) in [6.07, 6.45) is 13.0. The van der Waals surface area contributed by atoms with Gasteiger partial charge < -0.3 is 10.1 Å². The number of nitrogens with one attached hydrogen (secondary N) is 1. The highest BCUT2D eigenvalue weighted by Gasteiger charge is 2.50. The standard InChI is InChI=1S/C20H25N5O2/c1-27-18-16(11-25(24-18)19-21-3-2-4-22-19)17(26)23-12-20-8-13-5-14(9-20)7-15(6-13)10-20/h2-4,11,13-15H,5-10,12H2,1H3,(H,23,26). The van der Waals surface area contributed by atoms with Gasteiger partial charge in [0.2, 0.25) is 5.88 Å². The lowest BCUT2D eigenvalue weighted by Crippen LogP contribution is -2.51. The summed E-state index contributed by atoms with van der Waals surface area (Å²) in [5.74, 6) is 3.20. The van der Waals surface area contributed by atoms with Gasteiger partial charge in [-0.05, 0) is 67.8 Å². The van der Waals surface area contributed by atoms with Crippen molar-refractivity contribution in [3.8, 4) is 11.8 Å². The third-order valence-electron chi connectivity index (χ3n) is 6.66. The third-order valence-corrected chi connectivity index (χ3v) is 6.66. The summed E-state index contributed by atoms with van der Waals surface area (Å²) in [7, 11) is 1.52. The molecule has 4 bridgehead atoms. The number of rotatable bonds is 5. The molecule has 0 unspecified atom stereocenters. The molecule has 4 aliphatic carbocycles. The van der Waals surface area contributed by atoms with E-state index in [2.05, 4.69) is 20.4 Å². The number of hydrogen-bond donors (Lipinski definition) is 1. The van der Waals surface area contributed by atoms with Crippen LogP contribution in [0.4, 0.5) is 0 Å². The Morgan fingerprint density at radius 2 is 1.81 bits per heavy atom. The summed E-state index contributed by atoms with van der Waals surface area (Å²) < 4.78 is 6.80. The lowest BCUT2D eigenvalue weighted by molar-refractivity contribution is -0.0503. The molecule has 4 aliphatic rings. The maximum atomic E-state index is 12.9. The van der Waals surface area contributed by atoms with Crippen LogP contribution in [0.15, 0.2) is 24.7 Å². The smallest absolute Gasteiger partial charge is 0.258 e. The van der Waals surface area contributed by atoms with Crippen LogP contribution in [-0.4, -0.2) is 39.3 Å². The molecule has 0 atom stereocenters. The van der Waals surface area contributed by atoms with Crippen molar-refractivity contribution in [2.75, 3.05) is 13.7 Å². The molecule has 142 valence electrons. The Morgan fingerprint density at radius 1 is 1.19 bits per heavy atom. The van der Waals surface area contributed by atoms with Gasteiger partial charge in [-0.2, -0.15) is 0 Å². The fourth-order valence-corrected chi connectivity index (χ4v) is 6.05. The highest BCUT2D eigenvalue weighted by atomic mass is 16.5. The van der Waals surface area contributed by atoms with Crippen LogP contribution in [-0.2, 0) is 0 Å². The van der Waals surface area contributed by atoms with Crippen LogP contribution >= 0.6 is 0 Å². The second kappa shape index (κ2) is 6.32. The molecule has 2 aromatic heterocycles. The van der Waals surface area contributed by atoms with Gasteiger partial charge in [-0.25, -0.2) is 14.6 Å². The minimum Gasteiger partial charge on any atom is -0.479 e. The number of carbonyl (C=O) groups is 1. The molecule has 1 N–H and O–H groups in total. The van der Waals surface area contributed by atoms with Crippen LogP contribution in [0, 0.1) is 23.2 Å². The number of aromatic nitrogens is 4. The molecule has 6 rings (SSSR count). The molecule has 2 aromatic rings. The van der Waals surface area contributed by atoms with E-state index in [0.717, 1.165) is 24.3 Å². The van der Waals surface area contributed by atoms with Crippen molar-refractivity contribution in [3.05, 3.63) is 30.2 Å². The van der Waals surface area contributed by atoms with E-state index in [9.17, 15) is 4.79 Å². The largest absolute Gasteiger partial charge is 0.479 e. The zero-order valence-corrected chi connectivity index (χ0v) is 15.6. The van der Waals surface area contributed by atoms with Gasteiger partial charge in [0.05, 0.1) is 13.3 Å². The lowest BCUT2D eigenvalue weighted by Gasteiger charge is -2.56. The minimum atomic E-state index is -0.134. The normalized spacial score (nSPS) is 31.1. The van der Waals surface area contributed by atoms with Crippen LogP contribution in [0.5, 0.6) is 5.88 Å². The second-order valence-electron chi connectivity index (χ2n) is 8.65. The highest BCUT2D eigenvalue weighted by molar-refractivity contribution is 5.96. The van der Waals surface area contributed by atoms with Gasteiger partial charge >= 0.3 is 0 Å². The topological polar surface area (TPSA) is 81.9 Å². The summed E-state index contributed by atoms with van der Waals surface area (Å²) in [5, 5.41) is 7.49. The molecule has 27 heavy (non-hydrogen) atoms. The van der Waals surface area contributed by atoms with Gasteiger partial charge in [0.1, 0.15) is 5.56 Å². The van der Waals surface area contributed by atoms with Crippen molar-refractivity contribution in [2.45, 2.75) is 38.5 Å². The van der Waals surface area contributed by atoms with E-state index in [1.807, 2.05) is 0 Å². The summed E-state index contributed by atoms with van der Waals surface area (Å²) >= 11 is 0. The van der Waals surface area contributed by atoms with Crippen molar-refractivity contribution in [1.82, 2.24) is 25.1 Å². The van der Waals surface area contributed by atoms with Crippen molar-refractivity contribution in [3.63, 3.8) is 0 Å². The fraction of sp³-hybridized carbons (Fsp3) is 0.600. The summed E-state index contributed by atoms with van der Waals surface area (Å²) in [4.78, 5) is 21.2. The molecule has 0 spiro atoms. The number of nitrogens with zero attached hydrogens (tertiary/aromatic N) is 4. The number of hydrogen-bond acceptors (Lipinski definition) is 5. The molecular formula is C20H25N5O2. The number of carbonyl (C=O) groups excluding carboxylic acids is 1. The number of amides is 1. The van der Waals surface area contributed by atoms with Crippen molar-refractivity contribution < 1.29 is 9.53 Å². The Hall–Kier alpha value is -2.44. The Labute approximate surface area is 158 Å². The first-order valence-corrected chi connectivity index (χ1v) is 9.83. The summed E-state index contributed by atoms with van der Waals surface area (Å²) in [5.41, 5.74) is 0.727. The average Bonchev–Trinajstić information content (AvgIpc) is 3.10. The van der Waals surface area contributed by atoms with Crippen LogP contribution in [0.3, 0.4) is 0 Å². The van der Waals surface area contributed by atoms with Gasteiger partial charge in [0.15, 0.2) is 0 Å². The molecular weight excluding hydrogens is 342 g/mol. The van der Waals surface area contributed by atoms with Gasteiger partial charge in [-0.15, -0.1) is 5.10 Å². The van der Waals surface area contributed by atoms with Crippen molar-refractivity contribution in [1.29, 1.82) is 0 Å². The van der Waals surface area contributed by atoms with Gasteiger partial charge in [0.25, 0.3) is 11.9 Å². The SMILES string of the molecule is COc1nn(-c2ncccn2)cc1C(=O)NCC12CC3CC(CC(C3)C1)C2. The van der Waals surface area contributed by atoms with E-state index in [1.54, 1.807) is 24.7 Å². The van der Waals surface area contributed by atoms with Crippen LogP contribution in [0.2, 0.25) is 0 Å². The van der Waals surface area contributed by atoms with E-state index in [1.165, 1.54) is 50.3 Å². The Bertz CT molecular complexity index is 812. The minimum absolute atomic E-state index is 0.134. The molecule has 0 saturated heterocycles. The predicted molar refractivity (Wildman–Crippen MR) is 98.6 cm³/mol. The summed E-state index contributed by atoms with van der Waals surface area (Å²) in [6, 6.07) is 1.74. The van der Waals surface area contributed by atoms with Crippen LogP contribution in [0.25, 0.3) is 5.95 Å². The molecule has 0 radical (unpaired) electrons.